The molecule has 2 aromatic heterocycles. The van der Waals surface area contributed by atoms with Crippen LogP contribution in [0.3, 0.4) is 0 Å². The predicted molar refractivity (Wildman–Crippen MR) is 119 cm³/mol. The molecule has 1 atom stereocenters. The normalized spacial score (nSPS) is 18.0. The molecule has 4 rings (SSSR count). The quantitative estimate of drug-likeness (QED) is 0.605. The topological polar surface area (TPSA) is 96.5 Å². The predicted octanol–water partition coefficient (Wildman–Crippen LogP) is 3.74. The van der Waals surface area contributed by atoms with Gasteiger partial charge in [0.15, 0.2) is 6.61 Å². The van der Waals surface area contributed by atoms with Crippen LogP contribution in [0.5, 0.6) is 5.75 Å². The highest BCUT2D eigenvalue weighted by molar-refractivity contribution is 6.33. The van der Waals surface area contributed by atoms with Gasteiger partial charge in [0.05, 0.1) is 11.2 Å². The summed E-state index contributed by atoms with van der Waals surface area (Å²) in [4.78, 5) is 35.1. The average molecular weight is 498 g/mol. The van der Waals surface area contributed by atoms with E-state index in [9.17, 15) is 22.8 Å². The van der Waals surface area contributed by atoms with Crippen LogP contribution >= 0.6 is 11.6 Å². The molecule has 34 heavy (non-hydrogen) atoms. The Morgan fingerprint density at radius 3 is 2.68 bits per heavy atom. The van der Waals surface area contributed by atoms with Gasteiger partial charge in [0.25, 0.3) is 5.91 Å². The summed E-state index contributed by atoms with van der Waals surface area (Å²) in [5.74, 6) is 0.313. The Balaban J connectivity index is 1.35. The number of rotatable bonds is 7. The molecule has 3 heterocycles. The lowest BCUT2D eigenvalue weighted by Crippen LogP contribution is -2.37. The minimum atomic E-state index is -4.46. The molecule has 1 saturated carbocycles. The minimum absolute atomic E-state index is 0.0229. The number of anilines is 2. The van der Waals surface area contributed by atoms with Gasteiger partial charge in [-0.3, -0.25) is 9.59 Å². The van der Waals surface area contributed by atoms with Crippen molar-refractivity contribution in [2.24, 2.45) is 5.92 Å². The van der Waals surface area contributed by atoms with Crippen LogP contribution in [0.25, 0.3) is 0 Å². The van der Waals surface area contributed by atoms with E-state index in [4.69, 9.17) is 11.6 Å². The molecule has 2 aromatic rings. The molecule has 1 unspecified atom stereocenters. The number of pyridine rings is 2. The standard InChI is InChI=1S/C22H23ClF3N5O3/c1-12-6-14(7-18(28-12)30-20(32)13-2-3-13)21(33)29-15-4-5-31(10-15)19-17(23)8-16(9-27-19)34-11-22(24,25)26/h6-9,13,15H,2-5,10-11H2,1H3,(H,29,33)(H,28,30,32). The summed E-state index contributed by atoms with van der Waals surface area (Å²) in [6, 6.07) is 4.29. The Morgan fingerprint density at radius 1 is 1.24 bits per heavy atom. The number of halogens is 4. The first-order valence-corrected chi connectivity index (χ1v) is 11.2. The molecule has 1 aliphatic heterocycles. The zero-order valence-electron chi connectivity index (χ0n) is 18.3. The molecule has 1 aliphatic carbocycles. The largest absolute Gasteiger partial charge is 0.482 e. The number of ether oxygens (including phenoxy) is 1. The van der Waals surface area contributed by atoms with Gasteiger partial charge in [-0.1, -0.05) is 11.6 Å². The van der Waals surface area contributed by atoms with Gasteiger partial charge in [0.1, 0.15) is 17.4 Å². The summed E-state index contributed by atoms with van der Waals surface area (Å²) < 4.78 is 41.7. The van der Waals surface area contributed by atoms with Crippen LogP contribution < -0.4 is 20.3 Å². The van der Waals surface area contributed by atoms with E-state index < -0.39 is 12.8 Å². The van der Waals surface area contributed by atoms with E-state index in [1.807, 2.05) is 4.90 Å². The van der Waals surface area contributed by atoms with Crippen molar-refractivity contribution in [1.82, 2.24) is 15.3 Å². The van der Waals surface area contributed by atoms with Gasteiger partial charge in [0, 0.05) is 42.4 Å². The summed E-state index contributed by atoms with van der Waals surface area (Å²) >= 11 is 6.22. The molecule has 0 radical (unpaired) electrons. The first kappa shape index (κ1) is 24.1. The number of amides is 2. The van der Waals surface area contributed by atoms with Crippen molar-refractivity contribution in [3.8, 4) is 5.75 Å². The third-order valence-corrected chi connectivity index (χ3v) is 5.72. The molecule has 8 nitrogen and oxygen atoms in total. The van der Waals surface area contributed by atoms with Crippen LogP contribution in [0.15, 0.2) is 24.4 Å². The molecule has 2 aliphatic rings. The third kappa shape index (κ3) is 6.28. The fourth-order valence-corrected chi connectivity index (χ4v) is 3.94. The number of nitrogens with zero attached hydrogens (tertiary/aromatic N) is 3. The van der Waals surface area contributed by atoms with Crippen molar-refractivity contribution in [3.05, 3.63) is 40.7 Å². The van der Waals surface area contributed by atoms with E-state index in [0.717, 1.165) is 12.8 Å². The number of carbonyl (C=O) groups is 2. The van der Waals surface area contributed by atoms with E-state index in [1.165, 1.54) is 12.3 Å². The maximum atomic E-state index is 12.8. The summed E-state index contributed by atoms with van der Waals surface area (Å²) in [6.07, 6.45) is -0.902. The second-order valence-corrected chi connectivity index (χ2v) is 8.84. The van der Waals surface area contributed by atoms with Crippen LogP contribution in [-0.2, 0) is 4.79 Å². The minimum Gasteiger partial charge on any atom is -0.482 e. The summed E-state index contributed by atoms with van der Waals surface area (Å²) in [5.41, 5.74) is 0.995. The highest BCUT2D eigenvalue weighted by Crippen LogP contribution is 2.31. The van der Waals surface area contributed by atoms with Crippen molar-refractivity contribution < 1.29 is 27.5 Å². The maximum absolute atomic E-state index is 12.8. The van der Waals surface area contributed by atoms with E-state index in [1.54, 1.807) is 19.1 Å². The van der Waals surface area contributed by atoms with Crippen molar-refractivity contribution in [2.75, 3.05) is 29.9 Å². The number of hydrogen-bond acceptors (Lipinski definition) is 6. The number of carbonyl (C=O) groups excluding carboxylic acids is 2. The van der Waals surface area contributed by atoms with Gasteiger partial charge >= 0.3 is 6.18 Å². The van der Waals surface area contributed by atoms with E-state index in [0.29, 0.717) is 42.4 Å². The number of aryl methyl sites for hydroxylation is 1. The van der Waals surface area contributed by atoms with Crippen LogP contribution in [0, 0.1) is 12.8 Å². The van der Waals surface area contributed by atoms with Crippen molar-refractivity contribution in [3.63, 3.8) is 0 Å². The Labute approximate surface area is 198 Å². The number of aromatic nitrogens is 2. The van der Waals surface area contributed by atoms with Gasteiger partial charge < -0.3 is 20.3 Å². The lowest BCUT2D eigenvalue weighted by atomic mass is 10.2. The van der Waals surface area contributed by atoms with Gasteiger partial charge in [-0.05, 0) is 38.3 Å². The van der Waals surface area contributed by atoms with Gasteiger partial charge in [-0.15, -0.1) is 0 Å². The molecule has 2 N–H and O–H groups in total. The summed E-state index contributed by atoms with van der Waals surface area (Å²) in [5, 5.41) is 5.88. The lowest BCUT2D eigenvalue weighted by Gasteiger charge is -2.20. The summed E-state index contributed by atoms with van der Waals surface area (Å²) in [6.45, 7) is 1.30. The molecule has 0 aromatic carbocycles. The highest BCUT2D eigenvalue weighted by atomic mass is 35.5. The molecule has 0 bridgehead atoms. The number of nitrogens with one attached hydrogen (secondary N) is 2. The molecular formula is C22H23ClF3N5O3. The SMILES string of the molecule is Cc1cc(C(=O)NC2CCN(c3ncc(OCC(F)(F)F)cc3Cl)C2)cc(NC(=O)C2CC2)n1. The van der Waals surface area contributed by atoms with Crippen LogP contribution in [0.2, 0.25) is 5.02 Å². The fraction of sp³-hybridized carbons (Fsp3) is 0.455. The molecular weight excluding hydrogens is 475 g/mol. The van der Waals surface area contributed by atoms with Crippen molar-refractivity contribution >= 4 is 35.1 Å². The van der Waals surface area contributed by atoms with Crippen LogP contribution in [0.1, 0.15) is 35.3 Å². The summed E-state index contributed by atoms with van der Waals surface area (Å²) in [7, 11) is 0. The van der Waals surface area contributed by atoms with Gasteiger partial charge in [-0.2, -0.15) is 13.2 Å². The lowest BCUT2D eigenvalue weighted by molar-refractivity contribution is -0.153. The van der Waals surface area contributed by atoms with Crippen LogP contribution in [0.4, 0.5) is 24.8 Å². The monoisotopic (exact) mass is 497 g/mol. The third-order valence-electron chi connectivity index (χ3n) is 5.44. The fourth-order valence-electron chi connectivity index (χ4n) is 3.67. The first-order chi connectivity index (χ1) is 16.1. The smallest absolute Gasteiger partial charge is 0.422 e. The van der Waals surface area contributed by atoms with Crippen molar-refractivity contribution in [1.29, 1.82) is 0 Å². The Morgan fingerprint density at radius 2 is 2.00 bits per heavy atom. The Kier molecular flexibility index (Phi) is 6.83. The maximum Gasteiger partial charge on any atom is 0.422 e. The zero-order chi connectivity index (χ0) is 24.5. The molecule has 0 spiro atoms. The first-order valence-electron chi connectivity index (χ1n) is 10.8. The van der Waals surface area contributed by atoms with Gasteiger partial charge in [-0.25, -0.2) is 9.97 Å². The molecule has 2 fully saturated rings. The van der Waals surface area contributed by atoms with Crippen LogP contribution in [-0.4, -0.2) is 53.7 Å². The van der Waals surface area contributed by atoms with Gasteiger partial charge in [0.2, 0.25) is 5.91 Å². The van der Waals surface area contributed by atoms with E-state index >= 15 is 0 Å². The second-order valence-electron chi connectivity index (χ2n) is 8.43. The number of hydrogen-bond donors (Lipinski definition) is 2. The Bertz CT molecular complexity index is 1090. The highest BCUT2D eigenvalue weighted by Gasteiger charge is 2.31. The van der Waals surface area contributed by atoms with E-state index in [-0.39, 0.29) is 34.5 Å². The molecule has 2 amide bonds. The molecule has 182 valence electrons. The number of alkyl halides is 3. The zero-order valence-corrected chi connectivity index (χ0v) is 19.0. The second kappa shape index (κ2) is 9.65. The van der Waals surface area contributed by atoms with E-state index in [2.05, 4.69) is 25.3 Å². The average Bonchev–Trinajstić information content (AvgIpc) is 3.51. The molecule has 1 saturated heterocycles. The Hall–Kier alpha value is -3.08. The molecule has 12 heteroatoms. The van der Waals surface area contributed by atoms with Crippen molar-refractivity contribution in [2.45, 2.75) is 38.4 Å².